The molecule has 1 saturated heterocycles. The van der Waals surface area contributed by atoms with E-state index < -0.39 is 5.54 Å². The lowest BCUT2D eigenvalue weighted by molar-refractivity contribution is -0.138. The Morgan fingerprint density at radius 1 is 1.36 bits per heavy atom. The van der Waals surface area contributed by atoms with Gasteiger partial charge in [-0.2, -0.15) is 0 Å². The normalized spacial score (nSPS) is 28.0. The molecule has 1 aromatic heterocycles. The highest BCUT2D eigenvalue weighted by Crippen LogP contribution is 2.50. The molecule has 3 rings (SSSR count). The van der Waals surface area contributed by atoms with Gasteiger partial charge in [-0.05, 0) is 42.7 Å². The van der Waals surface area contributed by atoms with Crippen LogP contribution in [0, 0.1) is 18.3 Å². The number of urea groups is 1. The van der Waals surface area contributed by atoms with Crippen molar-refractivity contribution in [3.05, 3.63) is 29.6 Å². The van der Waals surface area contributed by atoms with Crippen molar-refractivity contribution in [1.82, 2.24) is 15.2 Å². The van der Waals surface area contributed by atoms with Crippen LogP contribution in [0.5, 0.6) is 0 Å². The summed E-state index contributed by atoms with van der Waals surface area (Å²) in [5.74, 6) is 0.372. The minimum atomic E-state index is -0.669. The van der Waals surface area contributed by atoms with Crippen LogP contribution in [0.2, 0.25) is 0 Å². The Morgan fingerprint density at radius 3 is 2.64 bits per heavy atom. The number of hydrogen-bond donors (Lipinski definition) is 1. The van der Waals surface area contributed by atoms with Crippen molar-refractivity contribution in [2.24, 2.45) is 11.3 Å². The van der Waals surface area contributed by atoms with Crippen molar-refractivity contribution in [3.8, 4) is 0 Å². The van der Waals surface area contributed by atoms with Gasteiger partial charge in [0.1, 0.15) is 5.54 Å². The maximum atomic E-state index is 12.7. The van der Waals surface area contributed by atoms with Crippen LogP contribution in [0.1, 0.15) is 44.9 Å². The summed E-state index contributed by atoms with van der Waals surface area (Å²) in [4.78, 5) is 30.6. The summed E-state index contributed by atoms with van der Waals surface area (Å²) < 4.78 is 0. The maximum Gasteiger partial charge on any atom is 0.325 e. The molecule has 2 heterocycles. The zero-order chi connectivity index (χ0) is 16.1. The Bertz CT molecular complexity index is 627. The van der Waals surface area contributed by atoms with E-state index in [1.165, 1.54) is 4.90 Å². The van der Waals surface area contributed by atoms with Crippen LogP contribution >= 0.6 is 0 Å². The van der Waals surface area contributed by atoms with Crippen molar-refractivity contribution in [2.75, 3.05) is 0 Å². The molecule has 0 atom stereocenters. The standard InChI is InChI=1S/C17H23N3O2/c1-11-6-5-7-18-13(11)10-20-14(21)17(19-15(20)22)8-12(9-17)16(2,3)4/h5-7,12H,8-10H2,1-4H3,(H,19,22). The van der Waals surface area contributed by atoms with E-state index in [1.54, 1.807) is 6.20 Å². The highest BCUT2D eigenvalue weighted by Gasteiger charge is 2.60. The number of carbonyl (C=O) groups is 2. The fourth-order valence-electron chi connectivity index (χ4n) is 3.32. The number of aromatic nitrogens is 1. The van der Waals surface area contributed by atoms with E-state index in [9.17, 15) is 9.59 Å². The van der Waals surface area contributed by atoms with E-state index >= 15 is 0 Å². The minimum Gasteiger partial charge on any atom is -0.323 e. The lowest BCUT2D eigenvalue weighted by Crippen LogP contribution is -2.59. The summed E-state index contributed by atoms with van der Waals surface area (Å²) in [6.45, 7) is 8.73. The van der Waals surface area contributed by atoms with Gasteiger partial charge in [0.25, 0.3) is 5.91 Å². The molecule has 0 bridgehead atoms. The summed E-state index contributed by atoms with van der Waals surface area (Å²) in [5.41, 5.74) is 1.26. The lowest BCUT2D eigenvalue weighted by atomic mass is 9.59. The molecular formula is C17H23N3O2. The van der Waals surface area contributed by atoms with Gasteiger partial charge in [0.2, 0.25) is 0 Å². The van der Waals surface area contributed by atoms with Crippen LogP contribution in [0.15, 0.2) is 18.3 Å². The van der Waals surface area contributed by atoms with Crippen molar-refractivity contribution in [2.45, 2.75) is 52.6 Å². The topological polar surface area (TPSA) is 62.3 Å². The van der Waals surface area contributed by atoms with Crippen LogP contribution in [0.3, 0.4) is 0 Å². The fraction of sp³-hybridized carbons (Fsp3) is 0.588. The predicted molar refractivity (Wildman–Crippen MR) is 83.0 cm³/mol. The molecule has 22 heavy (non-hydrogen) atoms. The first-order chi connectivity index (χ1) is 10.2. The number of rotatable bonds is 2. The number of amides is 3. The average molecular weight is 301 g/mol. The zero-order valence-electron chi connectivity index (χ0n) is 13.6. The summed E-state index contributed by atoms with van der Waals surface area (Å²) in [6, 6.07) is 3.50. The SMILES string of the molecule is Cc1cccnc1CN1C(=O)NC2(CC(C(C)(C)C)C2)C1=O. The van der Waals surface area contributed by atoms with Crippen molar-refractivity contribution >= 4 is 11.9 Å². The number of pyridine rings is 1. The molecule has 1 N–H and O–H groups in total. The molecule has 118 valence electrons. The number of imide groups is 1. The molecule has 0 aromatic carbocycles. The summed E-state index contributed by atoms with van der Waals surface area (Å²) in [7, 11) is 0. The number of carbonyl (C=O) groups excluding carboxylic acids is 2. The first-order valence-electron chi connectivity index (χ1n) is 7.77. The third-order valence-electron chi connectivity index (χ3n) is 5.09. The highest BCUT2D eigenvalue weighted by atomic mass is 16.2. The van der Waals surface area contributed by atoms with Gasteiger partial charge in [-0.15, -0.1) is 0 Å². The molecule has 0 radical (unpaired) electrons. The van der Waals surface area contributed by atoms with Gasteiger partial charge in [0, 0.05) is 6.20 Å². The van der Waals surface area contributed by atoms with E-state index in [1.807, 2.05) is 19.1 Å². The van der Waals surface area contributed by atoms with Crippen LogP contribution < -0.4 is 5.32 Å². The number of hydrogen-bond acceptors (Lipinski definition) is 3. The molecule has 1 spiro atoms. The molecule has 1 aliphatic carbocycles. The average Bonchev–Trinajstić information content (AvgIpc) is 2.63. The van der Waals surface area contributed by atoms with E-state index in [0.29, 0.717) is 5.92 Å². The van der Waals surface area contributed by atoms with Gasteiger partial charge < -0.3 is 5.32 Å². The number of nitrogens with zero attached hydrogens (tertiary/aromatic N) is 2. The summed E-state index contributed by atoms with van der Waals surface area (Å²) in [5, 5.41) is 2.92. The molecule has 5 heteroatoms. The molecule has 1 aromatic rings. The van der Waals surface area contributed by atoms with E-state index in [4.69, 9.17) is 0 Å². The molecule has 2 aliphatic rings. The van der Waals surface area contributed by atoms with Crippen LogP contribution in [-0.2, 0) is 11.3 Å². The van der Waals surface area contributed by atoms with Crippen LogP contribution in [0.4, 0.5) is 4.79 Å². The van der Waals surface area contributed by atoms with Gasteiger partial charge in [-0.1, -0.05) is 26.8 Å². The lowest BCUT2D eigenvalue weighted by Gasteiger charge is -2.48. The molecular weight excluding hydrogens is 278 g/mol. The fourth-order valence-corrected chi connectivity index (χ4v) is 3.32. The van der Waals surface area contributed by atoms with Crippen molar-refractivity contribution < 1.29 is 9.59 Å². The third kappa shape index (κ3) is 2.28. The summed E-state index contributed by atoms with van der Waals surface area (Å²) in [6.07, 6.45) is 3.16. The molecule has 0 unspecified atom stereocenters. The smallest absolute Gasteiger partial charge is 0.323 e. The second-order valence-corrected chi connectivity index (χ2v) is 7.64. The second-order valence-electron chi connectivity index (χ2n) is 7.64. The monoisotopic (exact) mass is 301 g/mol. The molecule has 5 nitrogen and oxygen atoms in total. The van der Waals surface area contributed by atoms with Gasteiger partial charge in [-0.25, -0.2) is 4.79 Å². The Morgan fingerprint density at radius 2 is 2.05 bits per heavy atom. The Kier molecular flexibility index (Phi) is 3.27. The molecule has 1 aliphatic heterocycles. The number of nitrogens with one attached hydrogen (secondary N) is 1. The minimum absolute atomic E-state index is 0.0944. The van der Waals surface area contributed by atoms with Crippen LogP contribution in [0.25, 0.3) is 0 Å². The zero-order valence-corrected chi connectivity index (χ0v) is 13.6. The number of aryl methyl sites for hydroxylation is 1. The highest BCUT2D eigenvalue weighted by molar-refractivity contribution is 6.07. The Labute approximate surface area is 131 Å². The largest absolute Gasteiger partial charge is 0.325 e. The van der Waals surface area contributed by atoms with E-state index in [2.05, 4.69) is 31.1 Å². The molecule has 2 fully saturated rings. The molecule has 1 saturated carbocycles. The van der Waals surface area contributed by atoms with E-state index in [-0.39, 0.29) is 23.9 Å². The second kappa shape index (κ2) is 4.80. The van der Waals surface area contributed by atoms with Crippen molar-refractivity contribution in [3.63, 3.8) is 0 Å². The first kappa shape index (κ1) is 15.0. The van der Waals surface area contributed by atoms with Gasteiger partial charge in [-0.3, -0.25) is 14.7 Å². The van der Waals surface area contributed by atoms with Crippen LogP contribution in [-0.4, -0.2) is 27.4 Å². The van der Waals surface area contributed by atoms with Gasteiger partial charge in [0.15, 0.2) is 0 Å². The Hall–Kier alpha value is -1.91. The van der Waals surface area contributed by atoms with Gasteiger partial charge >= 0.3 is 6.03 Å². The summed E-state index contributed by atoms with van der Waals surface area (Å²) >= 11 is 0. The van der Waals surface area contributed by atoms with Gasteiger partial charge in [0.05, 0.1) is 12.2 Å². The predicted octanol–water partition coefficient (Wildman–Crippen LogP) is 2.64. The maximum absolute atomic E-state index is 12.7. The van der Waals surface area contributed by atoms with E-state index in [0.717, 1.165) is 24.1 Å². The molecule has 3 amide bonds. The quantitative estimate of drug-likeness (QED) is 0.854. The Balaban J connectivity index is 1.75. The first-order valence-corrected chi connectivity index (χ1v) is 7.77. The van der Waals surface area contributed by atoms with Crippen molar-refractivity contribution in [1.29, 1.82) is 0 Å². The third-order valence-corrected chi connectivity index (χ3v) is 5.09.